The van der Waals surface area contributed by atoms with Crippen LogP contribution in [0, 0.1) is 3.57 Å². The first-order valence-corrected chi connectivity index (χ1v) is 7.12. The van der Waals surface area contributed by atoms with Crippen LogP contribution in [0.1, 0.15) is 13.3 Å². The van der Waals surface area contributed by atoms with Crippen LogP contribution in [0.2, 0.25) is 5.02 Å². The Bertz CT molecular complexity index is 482. The van der Waals surface area contributed by atoms with Crippen LogP contribution in [-0.2, 0) is 4.79 Å². The van der Waals surface area contributed by atoms with Crippen LogP contribution in [-0.4, -0.2) is 35.1 Å². The molecular formula is C12H14ClIN2O3. The van der Waals surface area contributed by atoms with Crippen molar-refractivity contribution in [2.24, 2.45) is 0 Å². The van der Waals surface area contributed by atoms with Crippen molar-refractivity contribution in [3.05, 3.63) is 26.8 Å². The molecule has 2 amide bonds. The average Bonchev–Trinajstić information content (AvgIpc) is 2.34. The topological polar surface area (TPSA) is 69.6 Å². The fourth-order valence-electron chi connectivity index (χ4n) is 1.42. The highest BCUT2D eigenvalue weighted by Gasteiger charge is 2.14. The Balaban J connectivity index is 2.71. The number of amides is 2. The van der Waals surface area contributed by atoms with Crippen molar-refractivity contribution in [2.45, 2.75) is 13.3 Å². The summed E-state index contributed by atoms with van der Waals surface area (Å²) in [5, 5.41) is 11.8. The lowest BCUT2D eigenvalue weighted by Crippen LogP contribution is -2.36. The van der Waals surface area contributed by atoms with E-state index in [9.17, 15) is 9.59 Å². The number of aliphatic carboxylic acids is 1. The van der Waals surface area contributed by atoms with Gasteiger partial charge in [-0.25, -0.2) is 4.79 Å². The summed E-state index contributed by atoms with van der Waals surface area (Å²) in [5.74, 6) is -0.932. The van der Waals surface area contributed by atoms with Crippen molar-refractivity contribution in [1.29, 1.82) is 0 Å². The standard InChI is InChI=1S/C12H14ClIN2O3/c1-2-16(6-5-11(17)18)12(19)15-10-7-8(14)3-4-9(10)13/h3-4,7H,2,5-6H2,1H3,(H,15,19)(H,17,18). The van der Waals surface area contributed by atoms with E-state index in [1.165, 1.54) is 4.90 Å². The molecule has 2 N–H and O–H groups in total. The van der Waals surface area contributed by atoms with Gasteiger partial charge in [0.15, 0.2) is 0 Å². The fourth-order valence-corrected chi connectivity index (χ4v) is 2.08. The summed E-state index contributed by atoms with van der Waals surface area (Å²) >= 11 is 8.10. The normalized spacial score (nSPS) is 10.1. The molecule has 0 aromatic heterocycles. The van der Waals surface area contributed by atoms with Gasteiger partial charge in [-0.2, -0.15) is 0 Å². The number of nitrogens with zero attached hydrogens (tertiary/aromatic N) is 1. The minimum atomic E-state index is -0.932. The molecule has 104 valence electrons. The number of carboxylic acid groups (broad SMARTS) is 1. The molecule has 1 aromatic carbocycles. The highest BCUT2D eigenvalue weighted by atomic mass is 127. The number of nitrogens with one attached hydrogen (secondary N) is 1. The van der Waals surface area contributed by atoms with Crippen molar-refractivity contribution in [1.82, 2.24) is 4.90 Å². The second-order valence-electron chi connectivity index (χ2n) is 3.78. The first kappa shape index (κ1) is 16.0. The predicted octanol–water partition coefficient (Wildman–Crippen LogP) is 3.27. The van der Waals surface area contributed by atoms with Crippen molar-refractivity contribution in [3.8, 4) is 0 Å². The van der Waals surface area contributed by atoms with E-state index in [1.54, 1.807) is 19.1 Å². The van der Waals surface area contributed by atoms with Crippen LogP contribution in [0.4, 0.5) is 10.5 Å². The molecule has 0 aliphatic carbocycles. The summed E-state index contributed by atoms with van der Waals surface area (Å²) < 4.78 is 0.950. The number of hydrogen-bond acceptors (Lipinski definition) is 2. The van der Waals surface area contributed by atoms with Crippen molar-refractivity contribution in [3.63, 3.8) is 0 Å². The van der Waals surface area contributed by atoms with Crippen LogP contribution in [0.25, 0.3) is 0 Å². The zero-order valence-electron chi connectivity index (χ0n) is 10.3. The number of rotatable bonds is 5. The van der Waals surface area contributed by atoms with Gasteiger partial charge in [0, 0.05) is 16.7 Å². The molecule has 0 atom stereocenters. The average molecular weight is 397 g/mol. The van der Waals surface area contributed by atoms with E-state index in [0.29, 0.717) is 17.3 Å². The number of urea groups is 1. The van der Waals surface area contributed by atoms with Crippen LogP contribution in [0.3, 0.4) is 0 Å². The summed E-state index contributed by atoms with van der Waals surface area (Å²) in [7, 11) is 0. The second kappa shape index (κ2) is 7.54. The van der Waals surface area contributed by atoms with Crippen LogP contribution >= 0.6 is 34.2 Å². The molecule has 0 bridgehead atoms. The van der Waals surface area contributed by atoms with E-state index in [4.69, 9.17) is 16.7 Å². The molecule has 0 saturated heterocycles. The second-order valence-corrected chi connectivity index (χ2v) is 5.43. The summed E-state index contributed by atoms with van der Waals surface area (Å²) in [6.07, 6.45) is -0.0820. The van der Waals surface area contributed by atoms with Crippen molar-refractivity contribution >= 4 is 51.9 Å². The Morgan fingerprint density at radius 1 is 1.47 bits per heavy atom. The Kier molecular flexibility index (Phi) is 6.36. The molecule has 19 heavy (non-hydrogen) atoms. The van der Waals surface area contributed by atoms with E-state index in [0.717, 1.165) is 3.57 Å². The molecule has 0 fully saturated rings. The number of carboxylic acids is 1. The molecule has 0 unspecified atom stereocenters. The van der Waals surface area contributed by atoms with E-state index in [1.807, 2.05) is 6.07 Å². The quantitative estimate of drug-likeness (QED) is 0.751. The molecule has 0 heterocycles. The van der Waals surface area contributed by atoms with Crippen LogP contribution in [0.5, 0.6) is 0 Å². The number of hydrogen-bond donors (Lipinski definition) is 2. The number of carbonyl (C=O) groups excluding carboxylic acids is 1. The number of benzene rings is 1. The smallest absolute Gasteiger partial charge is 0.321 e. The molecule has 0 aliphatic rings. The van der Waals surface area contributed by atoms with Gasteiger partial charge in [0.1, 0.15) is 0 Å². The lowest BCUT2D eigenvalue weighted by molar-refractivity contribution is -0.137. The summed E-state index contributed by atoms with van der Waals surface area (Å²) in [4.78, 5) is 23.9. The molecule has 0 saturated carbocycles. The maximum absolute atomic E-state index is 12.0. The molecule has 1 rings (SSSR count). The van der Waals surface area contributed by atoms with Gasteiger partial charge in [-0.05, 0) is 47.7 Å². The van der Waals surface area contributed by atoms with E-state index in [2.05, 4.69) is 27.9 Å². The molecule has 5 nitrogen and oxygen atoms in total. The Labute approximate surface area is 130 Å². The van der Waals surface area contributed by atoms with Gasteiger partial charge in [-0.1, -0.05) is 11.6 Å². The highest BCUT2D eigenvalue weighted by Crippen LogP contribution is 2.24. The molecule has 0 aliphatic heterocycles. The SMILES string of the molecule is CCN(CCC(=O)O)C(=O)Nc1cc(I)ccc1Cl. The third kappa shape index (κ3) is 5.23. The fraction of sp³-hybridized carbons (Fsp3) is 0.333. The molecule has 7 heteroatoms. The Hall–Kier alpha value is -1.02. The first-order chi connectivity index (χ1) is 8.93. The van der Waals surface area contributed by atoms with Gasteiger partial charge in [0.05, 0.1) is 17.1 Å². The first-order valence-electron chi connectivity index (χ1n) is 5.66. The Morgan fingerprint density at radius 2 is 2.16 bits per heavy atom. The molecule has 1 aromatic rings. The van der Waals surface area contributed by atoms with E-state index < -0.39 is 5.97 Å². The van der Waals surface area contributed by atoms with Crippen molar-refractivity contribution in [2.75, 3.05) is 18.4 Å². The molecule has 0 radical (unpaired) electrons. The van der Waals surface area contributed by atoms with Crippen molar-refractivity contribution < 1.29 is 14.7 Å². The number of anilines is 1. The van der Waals surface area contributed by atoms with Crippen LogP contribution in [0.15, 0.2) is 18.2 Å². The van der Waals surface area contributed by atoms with E-state index >= 15 is 0 Å². The zero-order chi connectivity index (χ0) is 14.4. The number of halogens is 2. The van der Waals surface area contributed by atoms with Gasteiger partial charge < -0.3 is 15.3 Å². The monoisotopic (exact) mass is 396 g/mol. The summed E-state index contributed by atoms with van der Waals surface area (Å²) in [6.45, 7) is 2.39. The minimum Gasteiger partial charge on any atom is -0.481 e. The van der Waals surface area contributed by atoms with Gasteiger partial charge in [0.2, 0.25) is 0 Å². The lowest BCUT2D eigenvalue weighted by Gasteiger charge is -2.21. The third-order valence-electron chi connectivity index (χ3n) is 2.43. The summed E-state index contributed by atoms with van der Waals surface area (Å²) in [6, 6.07) is 4.94. The van der Waals surface area contributed by atoms with Gasteiger partial charge in [-0.3, -0.25) is 4.79 Å². The van der Waals surface area contributed by atoms with Gasteiger partial charge in [0.25, 0.3) is 0 Å². The largest absolute Gasteiger partial charge is 0.481 e. The highest BCUT2D eigenvalue weighted by molar-refractivity contribution is 14.1. The Morgan fingerprint density at radius 3 is 2.74 bits per heavy atom. The lowest BCUT2D eigenvalue weighted by atomic mass is 10.3. The maximum Gasteiger partial charge on any atom is 0.321 e. The van der Waals surface area contributed by atoms with Crippen LogP contribution < -0.4 is 5.32 Å². The summed E-state index contributed by atoms with van der Waals surface area (Å²) in [5.41, 5.74) is 0.521. The zero-order valence-corrected chi connectivity index (χ0v) is 13.2. The molecule has 0 spiro atoms. The molecular weight excluding hydrogens is 382 g/mol. The van der Waals surface area contributed by atoms with Gasteiger partial charge >= 0.3 is 12.0 Å². The maximum atomic E-state index is 12.0. The third-order valence-corrected chi connectivity index (χ3v) is 3.44. The predicted molar refractivity (Wildman–Crippen MR) is 82.7 cm³/mol. The minimum absolute atomic E-state index is 0.0820. The van der Waals surface area contributed by atoms with Gasteiger partial charge in [-0.15, -0.1) is 0 Å². The van der Waals surface area contributed by atoms with E-state index in [-0.39, 0.29) is 19.0 Å². The number of carbonyl (C=O) groups is 2.